The fourth-order valence-electron chi connectivity index (χ4n) is 3.31. The van der Waals surface area contributed by atoms with Gasteiger partial charge in [0.25, 0.3) is 0 Å². The van der Waals surface area contributed by atoms with E-state index in [0.717, 1.165) is 0 Å². The molecule has 0 bridgehead atoms. The van der Waals surface area contributed by atoms with Gasteiger partial charge in [0.2, 0.25) is 9.84 Å². The molecule has 2 nitrogen and oxygen atoms in total. The molecule has 4 aromatic rings. The summed E-state index contributed by atoms with van der Waals surface area (Å²) in [6, 6.07) is 18.1. The zero-order valence-electron chi connectivity index (χ0n) is 15.8. The van der Waals surface area contributed by atoms with Crippen LogP contribution in [0.15, 0.2) is 94.7 Å². The minimum atomic E-state index is -4.59. The lowest BCUT2D eigenvalue weighted by molar-refractivity contribution is 0.564. The van der Waals surface area contributed by atoms with Crippen LogP contribution in [0.3, 0.4) is 0 Å². The second-order valence-corrected chi connectivity index (χ2v) is 8.71. The zero-order valence-corrected chi connectivity index (χ0v) is 16.6. The van der Waals surface area contributed by atoms with E-state index in [-0.39, 0.29) is 11.1 Å². The molecule has 0 aliphatic heterocycles. The van der Waals surface area contributed by atoms with Crippen LogP contribution in [0.2, 0.25) is 0 Å². The Labute approximate surface area is 176 Å². The summed E-state index contributed by atoms with van der Waals surface area (Å²) in [5.74, 6) is -4.42. The molecule has 7 heteroatoms. The Balaban J connectivity index is 1.81. The average molecular weight is 442 g/mol. The zero-order chi connectivity index (χ0) is 22.2. The van der Waals surface area contributed by atoms with Crippen LogP contribution in [0.5, 0.6) is 0 Å². The van der Waals surface area contributed by atoms with Crippen molar-refractivity contribution in [3.05, 3.63) is 108 Å². The Kier molecular flexibility index (Phi) is 5.37. The molecule has 0 N–H and O–H groups in total. The lowest BCUT2D eigenvalue weighted by Gasteiger charge is -2.11. The summed E-state index contributed by atoms with van der Waals surface area (Å²) in [6.45, 7) is 0. The maximum absolute atomic E-state index is 14.6. The maximum atomic E-state index is 14.6. The molecule has 0 fully saturated rings. The molecule has 0 aromatic heterocycles. The fraction of sp³-hybridized carbons (Fsp3) is 0. The number of hydrogen-bond donors (Lipinski definition) is 0. The highest BCUT2D eigenvalue weighted by atomic mass is 32.2. The summed E-state index contributed by atoms with van der Waals surface area (Å²) in [5, 5.41) is 0. The van der Waals surface area contributed by atoms with Gasteiger partial charge in [-0.15, -0.1) is 0 Å². The molecule has 0 amide bonds. The highest BCUT2D eigenvalue weighted by molar-refractivity contribution is 7.91. The quantitative estimate of drug-likeness (QED) is 0.342. The second kappa shape index (κ2) is 8.00. The number of rotatable bonds is 4. The molecule has 0 unspecified atom stereocenters. The molecule has 0 spiro atoms. The van der Waals surface area contributed by atoms with Crippen molar-refractivity contribution in [1.29, 1.82) is 0 Å². The van der Waals surface area contributed by atoms with Crippen LogP contribution >= 0.6 is 0 Å². The van der Waals surface area contributed by atoms with Gasteiger partial charge in [-0.05, 0) is 35.4 Å². The predicted octanol–water partition coefficient (Wildman–Crippen LogP) is 6.41. The molecule has 0 saturated carbocycles. The van der Waals surface area contributed by atoms with E-state index in [1.807, 2.05) is 0 Å². The van der Waals surface area contributed by atoms with Crippen LogP contribution < -0.4 is 0 Å². The Morgan fingerprint density at radius 1 is 0.484 bits per heavy atom. The van der Waals surface area contributed by atoms with Gasteiger partial charge in [0.15, 0.2) is 0 Å². The summed E-state index contributed by atoms with van der Waals surface area (Å²) in [6.07, 6.45) is 0. The molecule has 0 saturated heterocycles. The van der Waals surface area contributed by atoms with Gasteiger partial charge >= 0.3 is 0 Å². The van der Waals surface area contributed by atoms with Gasteiger partial charge in [-0.2, -0.15) is 0 Å². The third kappa shape index (κ3) is 3.84. The molecule has 0 heterocycles. The summed E-state index contributed by atoms with van der Waals surface area (Å²) in [7, 11) is -4.59. The van der Waals surface area contributed by atoms with E-state index in [2.05, 4.69) is 0 Å². The monoisotopic (exact) mass is 442 g/mol. The molecule has 31 heavy (non-hydrogen) atoms. The van der Waals surface area contributed by atoms with Gasteiger partial charge in [-0.1, -0.05) is 60.7 Å². The molecule has 0 aliphatic rings. The van der Waals surface area contributed by atoms with Crippen LogP contribution in [-0.2, 0) is 9.84 Å². The van der Waals surface area contributed by atoms with E-state index < -0.39 is 54.0 Å². The normalized spacial score (nSPS) is 11.5. The fourth-order valence-corrected chi connectivity index (χ4v) is 4.61. The van der Waals surface area contributed by atoms with E-state index in [4.69, 9.17) is 0 Å². The first-order valence-electron chi connectivity index (χ1n) is 9.13. The molecule has 0 aliphatic carbocycles. The Bertz CT molecular complexity index is 1220. The van der Waals surface area contributed by atoms with Gasteiger partial charge in [0.1, 0.15) is 23.3 Å². The molecule has 156 valence electrons. The number of hydrogen-bond acceptors (Lipinski definition) is 2. The van der Waals surface area contributed by atoms with E-state index in [9.17, 15) is 26.0 Å². The second-order valence-electron chi connectivity index (χ2n) is 6.76. The van der Waals surface area contributed by atoms with Crippen LogP contribution in [0.4, 0.5) is 17.6 Å². The van der Waals surface area contributed by atoms with Crippen LogP contribution in [0, 0.1) is 23.3 Å². The van der Waals surface area contributed by atoms with Gasteiger partial charge in [0.05, 0.1) is 20.9 Å². The van der Waals surface area contributed by atoms with Crippen molar-refractivity contribution in [2.75, 3.05) is 0 Å². The molecule has 4 rings (SSSR count). The van der Waals surface area contributed by atoms with Crippen molar-refractivity contribution < 1.29 is 26.0 Å². The number of halogens is 4. The van der Waals surface area contributed by atoms with Crippen molar-refractivity contribution in [2.24, 2.45) is 0 Å². The van der Waals surface area contributed by atoms with Crippen LogP contribution in [-0.4, -0.2) is 8.42 Å². The molecule has 4 aromatic carbocycles. The van der Waals surface area contributed by atoms with Crippen LogP contribution in [0.1, 0.15) is 0 Å². The van der Waals surface area contributed by atoms with Crippen molar-refractivity contribution in [1.82, 2.24) is 0 Å². The summed E-state index contributed by atoms with van der Waals surface area (Å²) in [4.78, 5) is -1.48. The Morgan fingerprint density at radius 3 is 1.06 bits per heavy atom. The topological polar surface area (TPSA) is 34.1 Å². The SMILES string of the molecule is O=S(=O)(c1cc(F)c(-c2ccccc2)c(F)c1)c1cc(F)c(-c2ccccc2)c(F)c1. The first-order chi connectivity index (χ1) is 14.8. The van der Waals surface area contributed by atoms with Crippen molar-refractivity contribution in [3.63, 3.8) is 0 Å². The third-order valence-corrected chi connectivity index (χ3v) is 6.49. The lowest BCUT2D eigenvalue weighted by atomic mass is 10.0. The Hall–Kier alpha value is -3.45. The first kappa shape index (κ1) is 20.8. The van der Waals surface area contributed by atoms with Crippen molar-refractivity contribution in [2.45, 2.75) is 9.79 Å². The van der Waals surface area contributed by atoms with Gasteiger partial charge in [0, 0.05) is 0 Å². The van der Waals surface area contributed by atoms with Gasteiger partial charge in [-0.25, -0.2) is 26.0 Å². The van der Waals surface area contributed by atoms with E-state index in [1.165, 1.54) is 24.3 Å². The van der Waals surface area contributed by atoms with E-state index in [1.54, 1.807) is 36.4 Å². The van der Waals surface area contributed by atoms with E-state index in [0.29, 0.717) is 24.3 Å². The number of sulfone groups is 1. The average Bonchev–Trinajstić information content (AvgIpc) is 2.74. The molecular formula is C24H14F4O2S. The standard InChI is InChI=1S/C24H14F4O2S/c25-19-11-17(12-20(26)23(19)15-7-3-1-4-8-15)31(29,30)18-13-21(27)24(22(28)14-18)16-9-5-2-6-10-16/h1-14H. The highest BCUT2D eigenvalue weighted by Gasteiger charge is 2.25. The first-order valence-corrected chi connectivity index (χ1v) is 10.6. The molecular weight excluding hydrogens is 428 g/mol. The summed E-state index contributed by atoms with van der Waals surface area (Å²) < 4.78 is 84.3. The number of benzene rings is 4. The Morgan fingerprint density at radius 2 is 0.774 bits per heavy atom. The van der Waals surface area contributed by atoms with E-state index >= 15 is 0 Å². The minimum absolute atomic E-state index is 0.228. The van der Waals surface area contributed by atoms with Gasteiger partial charge in [-0.3, -0.25) is 0 Å². The third-order valence-electron chi connectivity index (χ3n) is 4.78. The van der Waals surface area contributed by atoms with Crippen molar-refractivity contribution in [3.8, 4) is 22.3 Å². The summed E-state index contributed by atoms with van der Waals surface area (Å²) >= 11 is 0. The van der Waals surface area contributed by atoms with Crippen LogP contribution in [0.25, 0.3) is 22.3 Å². The molecule has 0 atom stereocenters. The lowest BCUT2D eigenvalue weighted by Crippen LogP contribution is -2.06. The highest BCUT2D eigenvalue weighted by Crippen LogP contribution is 2.33. The summed E-state index contributed by atoms with van der Waals surface area (Å²) in [5.41, 5.74) is -0.329. The minimum Gasteiger partial charge on any atom is -0.219 e. The van der Waals surface area contributed by atoms with Crippen molar-refractivity contribution >= 4 is 9.84 Å². The smallest absolute Gasteiger partial charge is 0.207 e. The largest absolute Gasteiger partial charge is 0.219 e. The van der Waals surface area contributed by atoms with Gasteiger partial charge < -0.3 is 0 Å². The predicted molar refractivity (Wildman–Crippen MR) is 109 cm³/mol. The molecule has 0 radical (unpaired) electrons. The maximum Gasteiger partial charge on any atom is 0.207 e.